The van der Waals surface area contributed by atoms with Crippen LogP contribution in [0.5, 0.6) is 0 Å². The molecule has 2 aromatic carbocycles. The van der Waals surface area contributed by atoms with Crippen molar-refractivity contribution in [1.29, 1.82) is 0 Å². The van der Waals surface area contributed by atoms with Gasteiger partial charge >= 0.3 is 0 Å². The van der Waals surface area contributed by atoms with Gasteiger partial charge in [-0.1, -0.05) is 40.2 Å². The molecule has 21 heavy (non-hydrogen) atoms. The molecule has 0 spiro atoms. The third-order valence-electron chi connectivity index (χ3n) is 3.63. The van der Waals surface area contributed by atoms with Gasteiger partial charge in [0.05, 0.1) is 5.69 Å². The van der Waals surface area contributed by atoms with Gasteiger partial charge in [-0.2, -0.15) is 0 Å². The van der Waals surface area contributed by atoms with Crippen molar-refractivity contribution in [3.05, 3.63) is 40.9 Å². The minimum absolute atomic E-state index is 0.0732. The Morgan fingerprint density at radius 3 is 2.43 bits per heavy atom. The highest BCUT2D eigenvalue weighted by Crippen LogP contribution is 2.35. The molecule has 2 aromatic rings. The zero-order chi connectivity index (χ0) is 15.2. The van der Waals surface area contributed by atoms with Crippen LogP contribution in [-0.4, -0.2) is 26.1 Å². The van der Waals surface area contributed by atoms with E-state index in [1.807, 2.05) is 36.4 Å². The third kappa shape index (κ3) is 2.67. The summed E-state index contributed by atoms with van der Waals surface area (Å²) in [5, 5.41) is 1.02. The molecule has 7 heteroatoms. The van der Waals surface area contributed by atoms with Crippen LogP contribution < -0.4 is 4.90 Å². The van der Waals surface area contributed by atoms with Crippen LogP contribution in [0.15, 0.2) is 40.9 Å². The number of nitrogens with zero attached hydrogens (tertiary/aromatic N) is 1. The number of hydrogen-bond donors (Lipinski definition) is 0. The summed E-state index contributed by atoms with van der Waals surface area (Å²) in [6.07, 6.45) is -0.0732. The fraction of sp³-hybridized carbons (Fsp3) is 0.214. The first-order valence-corrected chi connectivity index (χ1v) is 9.45. The molecule has 1 unspecified atom stereocenters. The van der Waals surface area contributed by atoms with E-state index >= 15 is 0 Å². The van der Waals surface area contributed by atoms with E-state index in [1.165, 1.54) is 4.90 Å². The summed E-state index contributed by atoms with van der Waals surface area (Å²) < 4.78 is 23.8. The van der Waals surface area contributed by atoms with Crippen LogP contribution >= 0.6 is 26.6 Å². The molecule has 0 radical (unpaired) electrons. The van der Waals surface area contributed by atoms with Crippen molar-refractivity contribution >= 4 is 58.0 Å². The van der Waals surface area contributed by atoms with Gasteiger partial charge in [0.15, 0.2) is 0 Å². The van der Waals surface area contributed by atoms with E-state index in [1.54, 1.807) is 0 Å². The fourth-order valence-electron chi connectivity index (χ4n) is 2.58. The Kier molecular flexibility index (Phi) is 3.71. The Morgan fingerprint density at radius 1 is 1.14 bits per heavy atom. The van der Waals surface area contributed by atoms with Gasteiger partial charge in [0.25, 0.3) is 0 Å². The van der Waals surface area contributed by atoms with Gasteiger partial charge in [0.2, 0.25) is 15.0 Å². The van der Waals surface area contributed by atoms with Crippen LogP contribution in [-0.2, 0) is 13.8 Å². The second kappa shape index (κ2) is 5.26. The topological polar surface area (TPSA) is 54.5 Å². The first kappa shape index (κ1) is 14.8. The summed E-state index contributed by atoms with van der Waals surface area (Å²) in [7, 11) is 1.65. The Bertz CT molecular complexity index is 837. The highest BCUT2D eigenvalue weighted by molar-refractivity contribution is 9.10. The SMILES string of the molecule is O=C1CC(S(=O)(=O)Cl)CN1c1ccc(Br)c2ccccc12. The second-order valence-electron chi connectivity index (χ2n) is 4.92. The summed E-state index contributed by atoms with van der Waals surface area (Å²) in [6, 6.07) is 11.3. The average molecular weight is 389 g/mol. The number of fused-ring (bicyclic) bond motifs is 1. The van der Waals surface area contributed by atoms with E-state index < -0.39 is 14.3 Å². The van der Waals surface area contributed by atoms with E-state index in [0.717, 1.165) is 15.2 Å². The van der Waals surface area contributed by atoms with Gasteiger partial charge < -0.3 is 4.90 Å². The van der Waals surface area contributed by atoms with Gasteiger partial charge in [0, 0.05) is 33.5 Å². The monoisotopic (exact) mass is 387 g/mol. The Labute approximate surface area is 135 Å². The molecule has 3 rings (SSSR count). The van der Waals surface area contributed by atoms with Crippen molar-refractivity contribution in [3.8, 4) is 0 Å². The number of hydrogen-bond acceptors (Lipinski definition) is 3. The van der Waals surface area contributed by atoms with Crippen molar-refractivity contribution < 1.29 is 13.2 Å². The molecule has 1 heterocycles. The van der Waals surface area contributed by atoms with Crippen molar-refractivity contribution in [3.63, 3.8) is 0 Å². The minimum Gasteiger partial charge on any atom is -0.310 e. The first-order chi connectivity index (χ1) is 9.88. The van der Waals surface area contributed by atoms with E-state index in [9.17, 15) is 13.2 Å². The molecule has 0 aliphatic carbocycles. The zero-order valence-corrected chi connectivity index (χ0v) is 14.0. The highest BCUT2D eigenvalue weighted by Gasteiger charge is 2.38. The first-order valence-electron chi connectivity index (χ1n) is 6.29. The lowest BCUT2D eigenvalue weighted by Gasteiger charge is -2.19. The fourth-order valence-corrected chi connectivity index (χ4v) is 4.08. The van der Waals surface area contributed by atoms with Crippen molar-refractivity contribution in [2.24, 2.45) is 0 Å². The van der Waals surface area contributed by atoms with E-state index in [0.29, 0.717) is 5.69 Å². The van der Waals surface area contributed by atoms with Gasteiger partial charge in [-0.25, -0.2) is 8.42 Å². The smallest absolute Gasteiger partial charge is 0.237 e. The molecule has 0 bridgehead atoms. The summed E-state index contributed by atoms with van der Waals surface area (Å²) >= 11 is 3.48. The van der Waals surface area contributed by atoms with Crippen molar-refractivity contribution in [2.75, 3.05) is 11.4 Å². The van der Waals surface area contributed by atoms with Crippen LogP contribution in [0.2, 0.25) is 0 Å². The number of carbonyl (C=O) groups is 1. The predicted octanol–water partition coefficient (Wildman–Crippen LogP) is 3.28. The summed E-state index contributed by atoms with van der Waals surface area (Å²) in [6.45, 7) is 0.0935. The summed E-state index contributed by atoms with van der Waals surface area (Å²) in [5.41, 5.74) is 0.710. The third-order valence-corrected chi connectivity index (χ3v) is 6.19. The molecule has 0 saturated carbocycles. The van der Waals surface area contributed by atoms with Gasteiger partial charge in [-0.15, -0.1) is 0 Å². The summed E-state index contributed by atoms with van der Waals surface area (Å²) in [5.74, 6) is -0.225. The lowest BCUT2D eigenvalue weighted by molar-refractivity contribution is -0.117. The van der Waals surface area contributed by atoms with Crippen molar-refractivity contribution in [1.82, 2.24) is 0 Å². The number of carbonyl (C=O) groups excluding carboxylic acids is 1. The maximum Gasteiger partial charge on any atom is 0.237 e. The molecule has 1 aliphatic rings. The standard InChI is InChI=1S/C14H11BrClNO3S/c15-12-5-6-13(11-4-2-1-3-10(11)12)17-8-9(7-14(17)18)21(16,19)20/h1-6,9H,7-8H2. The summed E-state index contributed by atoms with van der Waals surface area (Å²) in [4.78, 5) is 13.7. The van der Waals surface area contributed by atoms with Crippen LogP contribution in [0.1, 0.15) is 6.42 Å². The molecule has 0 N–H and O–H groups in total. The molecule has 0 aromatic heterocycles. The van der Waals surface area contributed by atoms with Crippen LogP contribution in [0.4, 0.5) is 5.69 Å². The molecule has 1 amide bonds. The molecule has 1 fully saturated rings. The van der Waals surface area contributed by atoms with E-state index in [4.69, 9.17) is 10.7 Å². The van der Waals surface area contributed by atoms with Crippen molar-refractivity contribution in [2.45, 2.75) is 11.7 Å². The predicted molar refractivity (Wildman–Crippen MR) is 87.2 cm³/mol. The van der Waals surface area contributed by atoms with Crippen LogP contribution in [0, 0.1) is 0 Å². The number of anilines is 1. The maximum absolute atomic E-state index is 12.2. The average Bonchev–Trinajstić information content (AvgIpc) is 2.82. The lowest BCUT2D eigenvalue weighted by Crippen LogP contribution is -2.26. The lowest BCUT2D eigenvalue weighted by atomic mass is 10.1. The maximum atomic E-state index is 12.2. The number of halogens is 2. The van der Waals surface area contributed by atoms with Crippen LogP contribution in [0.25, 0.3) is 10.8 Å². The molecule has 1 atom stereocenters. The van der Waals surface area contributed by atoms with E-state index in [-0.39, 0.29) is 18.9 Å². The quantitative estimate of drug-likeness (QED) is 0.742. The molecule has 4 nitrogen and oxygen atoms in total. The number of benzene rings is 2. The minimum atomic E-state index is -3.74. The Hall–Kier alpha value is -1.11. The van der Waals surface area contributed by atoms with Gasteiger partial charge in [0.1, 0.15) is 5.25 Å². The van der Waals surface area contributed by atoms with Gasteiger partial charge in [-0.3, -0.25) is 4.79 Å². The zero-order valence-electron chi connectivity index (χ0n) is 10.8. The molecule has 1 aliphatic heterocycles. The second-order valence-corrected chi connectivity index (χ2v) is 8.68. The normalized spacial score (nSPS) is 19.4. The largest absolute Gasteiger partial charge is 0.310 e. The molecule has 1 saturated heterocycles. The number of amides is 1. The number of rotatable bonds is 2. The van der Waals surface area contributed by atoms with E-state index in [2.05, 4.69) is 15.9 Å². The molecular formula is C14H11BrClNO3S. The van der Waals surface area contributed by atoms with Gasteiger partial charge in [-0.05, 0) is 17.5 Å². The molecule has 110 valence electrons. The highest BCUT2D eigenvalue weighted by atomic mass is 79.9. The molecular weight excluding hydrogens is 378 g/mol. The Balaban J connectivity index is 2.10. The Morgan fingerprint density at radius 2 is 1.81 bits per heavy atom. The van der Waals surface area contributed by atoms with Crippen LogP contribution in [0.3, 0.4) is 0 Å².